The minimum Gasteiger partial charge on any atom is -0.381 e. The second-order valence-corrected chi connectivity index (χ2v) is 4.48. The van der Waals surface area contributed by atoms with Gasteiger partial charge in [0.15, 0.2) is 0 Å². The van der Waals surface area contributed by atoms with Crippen LogP contribution in [0.1, 0.15) is 31.7 Å². The molecular weight excluding hydrogens is 172 g/mol. The van der Waals surface area contributed by atoms with Crippen molar-refractivity contribution in [1.29, 1.82) is 0 Å². The average molecular weight is 190 g/mol. The van der Waals surface area contributed by atoms with E-state index in [0.29, 0.717) is 6.04 Å². The number of aryl methyl sites for hydroxylation is 1. The van der Waals surface area contributed by atoms with Crippen LogP contribution in [-0.2, 0) is 0 Å². The highest BCUT2D eigenvalue weighted by Crippen LogP contribution is 2.34. The van der Waals surface area contributed by atoms with Crippen LogP contribution in [0.5, 0.6) is 0 Å². The smallest absolute Gasteiger partial charge is 0.0531 e. The number of rotatable bonds is 4. The molecule has 0 unspecified atom stereocenters. The molecule has 2 nitrogen and oxygen atoms in total. The van der Waals surface area contributed by atoms with Crippen LogP contribution in [0.15, 0.2) is 18.5 Å². The van der Waals surface area contributed by atoms with Gasteiger partial charge in [0.1, 0.15) is 0 Å². The molecule has 0 bridgehead atoms. The second kappa shape index (κ2) is 3.99. The van der Waals surface area contributed by atoms with E-state index in [9.17, 15) is 0 Å². The Bertz CT molecular complexity index is 305. The molecule has 1 atom stereocenters. The van der Waals surface area contributed by atoms with Crippen molar-refractivity contribution in [2.24, 2.45) is 5.92 Å². The van der Waals surface area contributed by atoms with Gasteiger partial charge in [0, 0.05) is 18.4 Å². The van der Waals surface area contributed by atoms with Crippen molar-refractivity contribution in [3.63, 3.8) is 0 Å². The third kappa shape index (κ3) is 2.72. The van der Waals surface area contributed by atoms with Crippen LogP contribution in [-0.4, -0.2) is 11.0 Å². The molecule has 0 aromatic carbocycles. The summed E-state index contributed by atoms with van der Waals surface area (Å²) in [4.78, 5) is 4.17. The Morgan fingerprint density at radius 3 is 2.93 bits per heavy atom. The van der Waals surface area contributed by atoms with Gasteiger partial charge in [0.2, 0.25) is 0 Å². The zero-order valence-corrected chi connectivity index (χ0v) is 8.96. The number of nitrogens with one attached hydrogen (secondary N) is 1. The second-order valence-electron chi connectivity index (χ2n) is 4.48. The van der Waals surface area contributed by atoms with Gasteiger partial charge in [-0.1, -0.05) is 12.8 Å². The van der Waals surface area contributed by atoms with Crippen LogP contribution in [0.3, 0.4) is 0 Å². The van der Waals surface area contributed by atoms with Crippen molar-refractivity contribution in [1.82, 2.24) is 4.98 Å². The van der Waals surface area contributed by atoms with E-state index in [-0.39, 0.29) is 0 Å². The van der Waals surface area contributed by atoms with Gasteiger partial charge >= 0.3 is 0 Å². The fraction of sp³-hybridized carbons (Fsp3) is 0.583. The predicted molar refractivity (Wildman–Crippen MR) is 59.4 cm³/mol. The van der Waals surface area contributed by atoms with E-state index >= 15 is 0 Å². The summed E-state index contributed by atoms with van der Waals surface area (Å²) in [5, 5.41) is 3.49. The fourth-order valence-corrected chi connectivity index (χ4v) is 1.83. The molecule has 1 aliphatic carbocycles. The molecule has 2 rings (SSSR count). The van der Waals surface area contributed by atoms with Crippen molar-refractivity contribution in [3.05, 3.63) is 24.0 Å². The molecule has 1 aromatic heterocycles. The Kier molecular flexibility index (Phi) is 2.71. The molecule has 76 valence electrons. The Morgan fingerprint density at radius 1 is 1.50 bits per heavy atom. The predicted octanol–water partition coefficient (Wildman–Crippen LogP) is 2.99. The number of hydrogen-bond acceptors (Lipinski definition) is 2. The van der Waals surface area contributed by atoms with Crippen LogP contribution < -0.4 is 5.32 Å². The lowest BCUT2D eigenvalue weighted by Gasteiger charge is -2.14. The van der Waals surface area contributed by atoms with Gasteiger partial charge in [-0.3, -0.25) is 4.98 Å². The number of pyridine rings is 1. The molecule has 1 aromatic rings. The molecule has 0 radical (unpaired) electrons. The van der Waals surface area contributed by atoms with Crippen LogP contribution >= 0.6 is 0 Å². The summed E-state index contributed by atoms with van der Waals surface area (Å²) in [5.41, 5.74) is 2.37. The molecule has 1 heterocycles. The van der Waals surface area contributed by atoms with Crippen LogP contribution in [0, 0.1) is 12.8 Å². The summed E-state index contributed by atoms with van der Waals surface area (Å²) in [6.45, 7) is 4.32. The number of hydrogen-bond donors (Lipinski definition) is 1. The van der Waals surface area contributed by atoms with Gasteiger partial charge in [-0.05, 0) is 37.8 Å². The SMILES string of the molecule is Cc1cncc(N[C@@H](C)CC2CC2)c1. The monoisotopic (exact) mass is 190 g/mol. The van der Waals surface area contributed by atoms with Gasteiger partial charge in [0.05, 0.1) is 5.69 Å². The minimum absolute atomic E-state index is 0.575. The maximum Gasteiger partial charge on any atom is 0.0531 e. The summed E-state index contributed by atoms with van der Waals surface area (Å²) in [6, 6.07) is 2.72. The zero-order valence-electron chi connectivity index (χ0n) is 8.96. The lowest BCUT2D eigenvalue weighted by molar-refractivity contribution is 0.642. The van der Waals surface area contributed by atoms with Gasteiger partial charge in [-0.2, -0.15) is 0 Å². The summed E-state index contributed by atoms with van der Waals surface area (Å²) in [7, 11) is 0. The summed E-state index contributed by atoms with van der Waals surface area (Å²) < 4.78 is 0. The normalized spacial score (nSPS) is 17.9. The number of nitrogens with zero attached hydrogens (tertiary/aromatic N) is 1. The maximum absolute atomic E-state index is 4.17. The quantitative estimate of drug-likeness (QED) is 0.789. The van der Waals surface area contributed by atoms with E-state index in [1.807, 2.05) is 12.4 Å². The Balaban J connectivity index is 1.88. The van der Waals surface area contributed by atoms with Gasteiger partial charge in [-0.15, -0.1) is 0 Å². The Labute approximate surface area is 85.7 Å². The molecular formula is C12H18N2. The van der Waals surface area contributed by atoms with Crippen LogP contribution in [0.2, 0.25) is 0 Å². The van der Waals surface area contributed by atoms with E-state index in [4.69, 9.17) is 0 Å². The van der Waals surface area contributed by atoms with E-state index < -0.39 is 0 Å². The molecule has 0 spiro atoms. The highest BCUT2D eigenvalue weighted by atomic mass is 14.9. The molecule has 0 saturated heterocycles. The van der Waals surface area contributed by atoms with E-state index in [2.05, 4.69) is 30.2 Å². The molecule has 2 heteroatoms. The summed E-state index contributed by atoms with van der Waals surface area (Å²) >= 11 is 0. The molecule has 0 amide bonds. The van der Waals surface area contributed by atoms with Crippen LogP contribution in [0.25, 0.3) is 0 Å². The third-order valence-electron chi connectivity index (χ3n) is 2.67. The fourth-order valence-electron chi connectivity index (χ4n) is 1.83. The highest BCUT2D eigenvalue weighted by molar-refractivity contribution is 5.43. The van der Waals surface area contributed by atoms with Gasteiger partial charge in [-0.25, -0.2) is 0 Å². The van der Waals surface area contributed by atoms with E-state index in [0.717, 1.165) is 11.6 Å². The minimum atomic E-state index is 0.575. The van der Waals surface area contributed by atoms with Gasteiger partial charge in [0.25, 0.3) is 0 Å². The topological polar surface area (TPSA) is 24.9 Å². The number of aromatic nitrogens is 1. The molecule has 1 fully saturated rings. The zero-order chi connectivity index (χ0) is 9.97. The lowest BCUT2D eigenvalue weighted by atomic mass is 10.1. The van der Waals surface area contributed by atoms with E-state index in [1.165, 1.54) is 24.8 Å². The Morgan fingerprint density at radius 2 is 2.29 bits per heavy atom. The average Bonchev–Trinajstić information content (AvgIpc) is 2.87. The first kappa shape index (κ1) is 9.50. The van der Waals surface area contributed by atoms with Crippen molar-refractivity contribution in [3.8, 4) is 0 Å². The van der Waals surface area contributed by atoms with Gasteiger partial charge < -0.3 is 5.32 Å². The lowest BCUT2D eigenvalue weighted by Crippen LogP contribution is -2.15. The van der Waals surface area contributed by atoms with Crippen molar-refractivity contribution in [2.45, 2.75) is 39.2 Å². The molecule has 1 saturated carbocycles. The molecule has 14 heavy (non-hydrogen) atoms. The molecule has 1 N–H and O–H groups in total. The first-order chi connectivity index (χ1) is 6.74. The van der Waals surface area contributed by atoms with Crippen LogP contribution in [0.4, 0.5) is 5.69 Å². The summed E-state index contributed by atoms with van der Waals surface area (Å²) in [5.74, 6) is 0.982. The third-order valence-corrected chi connectivity index (χ3v) is 2.67. The molecule has 1 aliphatic rings. The first-order valence-electron chi connectivity index (χ1n) is 5.42. The van der Waals surface area contributed by atoms with E-state index in [1.54, 1.807) is 0 Å². The Hall–Kier alpha value is -1.05. The van der Waals surface area contributed by atoms with Crippen molar-refractivity contribution >= 4 is 5.69 Å². The number of anilines is 1. The van der Waals surface area contributed by atoms with Crippen molar-refractivity contribution in [2.75, 3.05) is 5.32 Å². The molecule has 0 aliphatic heterocycles. The maximum atomic E-state index is 4.17. The largest absolute Gasteiger partial charge is 0.381 e. The highest BCUT2D eigenvalue weighted by Gasteiger charge is 2.23. The standard InChI is InChI=1S/C12H18N2/c1-9-5-12(8-13-7-9)14-10(2)6-11-3-4-11/h5,7-8,10-11,14H,3-4,6H2,1-2H3/t10-/m0/s1. The van der Waals surface area contributed by atoms with Crippen molar-refractivity contribution < 1.29 is 0 Å². The first-order valence-corrected chi connectivity index (χ1v) is 5.42. The summed E-state index contributed by atoms with van der Waals surface area (Å²) in [6.07, 6.45) is 7.94.